The third-order valence-electron chi connectivity index (χ3n) is 3.47. The smallest absolute Gasteiger partial charge is 0.343 e. The molecule has 8 nitrogen and oxygen atoms in total. The van der Waals surface area contributed by atoms with Crippen molar-refractivity contribution in [3.8, 4) is 0 Å². The average molecular weight is 393 g/mol. The second-order valence-electron chi connectivity index (χ2n) is 5.51. The van der Waals surface area contributed by atoms with Gasteiger partial charge in [0.05, 0.1) is 11.9 Å². The lowest BCUT2D eigenvalue weighted by Gasteiger charge is -2.13. The van der Waals surface area contributed by atoms with Crippen LogP contribution in [0.15, 0.2) is 6.20 Å². The minimum Gasteiger partial charge on any atom is -0.343 e. The van der Waals surface area contributed by atoms with Gasteiger partial charge in [-0.05, 0) is 6.92 Å². The number of amides is 2. The SMILES string of the molecule is CCn1ncc(NC(=O)c2c(Cl)c(C(F)(F)F)nn2C)c1C(=O)N(C)C. The van der Waals surface area contributed by atoms with E-state index in [0.717, 1.165) is 11.7 Å². The van der Waals surface area contributed by atoms with Crippen molar-refractivity contribution >= 4 is 29.1 Å². The van der Waals surface area contributed by atoms with Crippen molar-refractivity contribution in [2.45, 2.75) is 19.6 Å². The number of carbonyl (C=O) groups is 2. The van der Waals surface area contributed by atoms with Crippen LogP contribution in [0.1, 0.15) is 33.6 Å². The van der Waals surface area contributed by atoms with E-state index in [1.165, 1.54) is 29.9 Å². The minimum absolute atomic E-state index is 0.0568. The van der Waals surface area contributed by atoms with Gasteiger partial charge in [0.25, 0.3) is 11.8 Å². The molecule has 0 unspecified atom stereocenters. The molecule has 0 spiro atoms. The van der Waals surface area contributed by atoms with E-state index in [1.54, 1.807) is 6.92 Å². The van der Waals surface area contributed by atoms with Gasteiger partial charge in [0.15, 0.2) is 5.69 Å². The molecule has 2 aromatic rings. The molecular formula is C14H16ClF3N6O2. The number of hydrogen-bond donors (Lipinski definition) is 1. The van der Waals surface area contributed by atoms with E-state index in [2.05, 4.69) is 15.5 Å². The summed E-state index contributed by atoms with van der Waals surface area (Å²) in [6.45, 7) is 2.11. The van der Waals surface area contributed by atoms with Gasteiger partial charge in [-0.1, -0.05) is 11.6 Å². The second kappa shape index (κ2) is 6.98. The summed E-state index contributed by atoms with van der Waals surface area (Å²) in [6, 6.07) is 0. The zero-order valence-electron chi connectivity index (χ0n) is 14.3. The third kappa shape index (κ3) is 3.52. The van der Waals surface area contributed by atoms with Gasteiger partial charge in [-0.15, -0.1) is 0 Å². The van der Waals surface area contributed by atoms with Gasteiger partial charge in [0.2, 0.25) is 0 Å². The Morgan fingerprint density at radius 2 is 1.92 bits per heavy atom. The number of nitrogens with zero attached hydrogens (tertiary/aromatic N) is 5. The topological polar surface area (TPSA) is 85.0 Å². The minimum atomic E-state index is -4.80. The van der Waals surface area contributed by atoms with Crippen molar-refractivity contribution in [2.24, 2.45) is 7.05 Å². The zero-order chi connectivity index (χ0) is 19.8. The molecule has 0 aliphatic heterocycles. The van der Waals surface area contributed by atoms with Gasteiger partial charge in [0.1, 0.15) is 16.4 Å². The predicted octanol–water partition coefficient (Wildman–Crippen LogP) is 2.26. The van der Waals surface area contributed by atoms with Crippen molar-refractivity contribution in [2.75, 3.05) is 19.4 Å². The number of halogens is 4. The highest BCUT2D eigenvalue weighted by Crippen LogP contribution is 2.35. The highest BCUT2D eigenvalue weighted by atomic mass is 35.5. The second-order valence-corrected chi connectivity index (χ2v) is 5.89. The molecule has 12 heteroatoms. The van der Waals surface area contributed by atoms with Crippen molar-refractivity contribution in [3.63, 3.8) is 0 Å². The molecule has 2 rings (SSSR count). The Bertz CT molecular complexity index is 856. The van der Waals surface area contributed by atoms with Crippen LogP contribution in [0.3, 0.4) is 0 Å². The molecule has 0 bridgehead atoms. The zero-order valence-corrected chi connectivity index (χ0v) is 15.1. The van der Waals surface area contributed by atoms with Crippen LogP contribution >= 0.6 is 11.6 Å². The van der Waals surface area contributed by atoms with Gasteiger partial charge < -0.3 is 10.2 Å². The molecule has 2 aromatic heterocycles. The molecule has 2 amide bonds. The standard InChI is InChI=1S/C14H16ClF3N6O2/c1-5-24-9(13(26)22(2)3)7(6-19-24)20-12(25)10-8(15)11(14(16,17)18)21-23(10)4/h6H,5H2,1-4H3,(H,20,25). The maximum Gasteiger partial charge on any atom is 0.436 e. The van der Waals surface area contributed by atoms with E-state index in [-0.39, 0.29) is 11.4 Å². The van der Waals surface area contributed by atoms with Crippen LogP contribution in [-0.2, 0) is 19.8 Å². The quantitative estimate of drug-likeness (QED) is 0.865. The lowest BCUT2D eigenvalue weighted by Crippen LogP contribution is -2.27. The molecule has 26 heavy (non-hydrogen) atoms. The van der Waals surface area contributed by atoms with E-state index in [9.17, 15) is 22.8 Å². The van der Waals surface area contributed by atoms with Gasteiger partial charge in [-0.3, -0.25) is 19.0 Å². The van der Waals surface area contributed by atoms with Gasteiger partial charge in [-0.25, -0.2) is 0 Å². The number of aromatic nitrogens is 4. The molecule has 0 aromatic carbocycles. The fraction of sp³-hybridized carbons (Fsp3) is 0.429. The Balaban J connectivity index is 2.42. The summed E-state index contributed by atoms with van der Waals surface area (Å²) in [6.07, 6.45) is -3.56. The van der Waals surface area contributed by atoms with E-state index >= 15 is 0 Å². The Morgan fingerprint density at radius 1 is 1.31 bits per heavy atom. The monoisotopic (exact) mass is 392 g/mol. The van der Waals surface area contributed by atoms with E-state index in [1.807, 2.05) is 0 Å². The maximum absolute atomic E-state index is 12.9. The average Bonchev–Trinajstić information content (AvgIpc) is 3.06. The Hall–Kier alpha value is -2.56. The predicted molar refractivity (Wildman–Crippen MR) is 87.1 cm³/mol. The van der Waals surface area contributed by atoms with E-state index in [4.69, 9.17) is 11.6 Å². The van der Waals surface area contributed by atoms with Crippen LogP contribution in [0, 0.1) is 0 Å². The molecule has 0 fully saturated rings. The van der Waals surface area contributed by atoms with E-state index < -0.39 is 34.4 Å². The lowest BCUT2D eigenvalue weighted by molar-refractivity contribution is -0.141. The molecule has 0 saturated heterocycles. The number of nitrogens with one attached hydrogen (secondary N) is 1. The molecule has 2 heterocycles. The lowest BCUT2D eigenvalue weighted by atomic mass is 10.3. The first-order valence-electron chi connectivity index (χ1n) is 7.37. The number of carbonyl (C=O) groups excluding carboxylic acids is 2. The summed E-state index contributed by atoms with van der Waals surface area (Å²) in [4.78, 5) is 26.1. The van der Waals surface area contributed by atoms with Crippen molar-refractivity contribution in [3.05, 3.63) is 28.3 Å². The van der Waals surface area contributed by atoms with Crippen LogP contribution in [0.5, 0.6) is 0 Å². The summed E-state index contributed by atoms with van der Waals surface area (Å²) in [5.41, 5.74) is -1.69. The van der Waals surface area contributed by atoms with Gasteiger partial charge in [0, 0.05) is 27.7 Å². The molecular weight excluding hydrogens is 377 g/mol. The van der Waals surface area contributed by atoms with Crippen LogP contribution in [0.4, 0.5) is 18.9 Å². The Kier molecular flexibility index (Phi) is 5.31. The molecule has 0 aliphatic carbocycles. The summed E-state index contributed by atoms with van der Waals surface area (Å²) in [5.74, 6) is -1.37. The summed E-state index contributed by atoms with van der Waals surface area (Å²) in [5, 5.41) is 8.81. The van der Waals surface area contributed by atoms with Crippen molar-refractivity contribution in [1.82, 2.24) is 24.5 Å². The van der Waals surface area contributed by atoms with Crippen LogP contribution in [0.25, 0.3) is 0 Å². The molecule has 0 radical (unpaired) electrons. The fourth-order valence-corrected chi connectivity index (χ4v) is 2.61. The maximum atomic E-state index is 12.9. The fourth-order valence-electron chi connectivity index (χ4n) is 2.26. The largest absolute Gasteiger partial charge is 0.436 e. The molecule has 0 aliphatic rings. The number of alkyl halides is 3. The first-order chi connectivity index (χ1) is 12.0. The Morgan fingerprint density at radius 3 is 2.38 bits per heavy atom. The van der Waals surface area contributed by atoms with E-state index in [0.29, 0.717) is 6.54 Å². The molecule has 142 valence electrons. The van der Waals surface area contributed by atoms with Crippen molar-refractivity contribution < 1.29 is 22.8 Å². The molecule has 1 N–H and O–H groups in total. The van der Waals surface area contributed by atoms with Gasteiger partial charge >= 0.3 is 6.18 Å². The van der Waals surface area contributed by atoms with Gasteiger partial charge in [-0.2, -0.15) is 23.4 Å². The summed E-state index contributed by atoms with van der Waals surface area (Å²) in [7, 11) is 4.21. The highest BCUT2D eigenvalue weighted by Gasteiger charge is 2.40. The number of anilines is 1. The molecule has 0 saturated carbocycles. The summed E-state index contributed by atoms with van der Waals surface area (Å²) >= 11 is 5.70. The number of rotatable bonds is 4. The third-order valence-corrected chi connectivity index (χ3v) is 3.83. The molecule has 0 atom stereocenters. The first-order valence-corrected chi connectivity index (χ1v) is 7.75. The normalized spacial score (nSPS) is 11.5. The van der Waals surface area contributed by atoms with Crippen molar-refractivity contribution in [1.29, 1.82) is 0 Å². The number of hydrogen-bond acceptors (Lipinski definition) is 4. The first kappa shape index (κ1) is 19.8. The van der Waals surface area contributed by atoms with Crippen LogP contribution < -0.4 is 5.32 Å². The highest BCUT2D eigenvalue weighted by molar-refractivity contribution is 6.35. The summed E-state index contributed by atoms with van der Waals surface area (Å²) < 4.78 is 40.8. The van der Waals surface area contributed by atoms with Crippen LogP contribution in [-0.4, -0.2) is 50.4 Å². The number of aryl methyl sites for hydroxylation is 2. The Labute approximate surface area is 151 Å². The van der Waals surface area contributed by atoms with Crippen LogP contribution in [0.2, 0.25) is 5.02 Å².